The van der Waals surface area contributed by atoms with Gasteiger partial charge in [0, 0.05) is 5.56 Å². The monoisotopic (exact) mass is 538 g/mol. The normalized spacial score (nSPS) is 16.7. The van der Waals surface area contributed by atoms with Gasteiger partial charge in [-0.2, -0.15) is 0 Å². The van der Waals surface area contributed by atoms with E-state index in [1.165, 1.54) is 24.3 Å². The Morgan fingerprint density at radius 3 is 2.47 bits per heavy atom. The molecule has 8 nitrogen and oxygen atoms in total. The predicted octanol–water partition coefficient (Wildman–Crippen LogP) is 5.49. The number of aryl methyl sites for hydroxylation is 2. The minimum atomic E-state index is -1.10. The van der Waals surface area contributed by atoms with Gasteiger partial charge in [0.2, 0.25) is 0 Å². The van der Waals surface area contributed by atoms with Gasteiger partial charge in [0.05, 0.1) is 30.5 Å². The Labute approximate surface area is 223 Å². The summed E-state index contributed by atoms with van der Waals surface area (Å²) >= 11 is 0.906. The van der Waals surface area contributed by atoms with Crippen LogP contribution in [0, 0.1) is 19.7 Å². The van der Waals surface area contributed by atoms with Gasteiger partial charge < -0.3 is 14.6 Å². The number of rotatable bonds is 8. The van der Waals surface area contributed by atoms with Gasteiger partial charge in [-0.15, -0.1) is 0 Å². The third-order valence-corrected chi connectivity index (χ3v) is 7.13. The van der Waals surface area contributed by atoms with Gasteiger partial charge in [0.15, 0.2) is 5.13 Å². The van der Waals surface area contributed by atoms with Crippen LogP contribution in [0.3, 0.4) is 0 Å². The van der Waals surface area contributed by atoms with E-state index in [2.05, 4.69) is 4.98 Å². The summed E-state index contributed by atoms with van der Waals surface area (Å²) in [5.41, 5.74) is 1.61. The number of thiazole rings is 1. The Kier molecular flexibility index (Phi) is 7.91. The van der Waals surface area contributed by atoms with Crippen molar-refractivity contribution < 1.29 is 33.4 Å². The van der Waals surface area contributed by atoms with E-state index < -0.39 is 29.5 Å². The lowest BCUT2D eigenvalue weighted by Gasteiger charge is -2.23. The highest BCUT2D eigenvalue weighted by Gasteiger charge is 2.48. The van der Waals surface area contributed by atoms with Crippen LogP contribution in [0.5, 0.6) is 5.75 Å². The van der Waals surface area contributed by atoms with Gasteiger partial charge in [0.1, 0.15) is 22.2 Å². The highest BCUT2D eigenvalue weighted by molar-refractivity contribution is 7.17. The summed E-state index contributed by atoms with van der Waals surface area (Å²) in [6, 6.07) is 9.15. The fraction of sp³-hybridized carbons (Fsp3) is 0.286. The molecule has 1 N–H and O–H groups in total. The number of hydrogen-bond donors (Lipinski definition) is 1. The Morgan fingerprint density at radius 1 is 1.13 bits per heavy atom. The number of aliphatic hydroxyl groups is 1. The zero-order valence-electron chi connectivity index (χ0n) is 21.4. The zero-order chi connectivity index (χ0) is 27.6. The highest BCUT2D eigenvalue weighted by atomic mass is 32.1. The maximum absolute atomic E-state index is 13.8. The first-order chi connectivity index (χ1) is 18.2. The van der Waals surface area contributed by atoms with Crippen LogP contribution >= 0.6 is 11.3 Å². The van der Waals surface area contributed by atoms with E-state index in [4.69, 9.17) is 9.47 Å². The molecular formula is C28H27FN2O6S. The van der Waals surface area contributed by atoms with Crippen LogP contribution in [0.1, 0.15) is 58.4 Å². The van der Waals surface area contributed by atoms with Gasteiger partial charge in [-0.3, -0.25) is 14.5 Å². The van der Waals surface area contributed by atoms with E-state index in [0.29, 0.717) is 29.2 Å². The van der Waals surface area contributed by atoms with Gasteiger partial charge in [0.25, 0.3) is 5.78 Å². The summed E-state index contributed by atoms with van der Waals surface area (Å²) in [6.45, 7) is 7.76. The number of ether oxygens (including phenoxy) is 2. The molecule has 3 aromatic rings. The first-order valence-corrected chi connectivity index (χ1v) is 12.9. The third kappa shape index (κ3) is 5.04. The molecule has 38 heavy (non-hydrogen) atoms. The molecule has 2 heterocycles. The van der Waals surface area contributed by atoms with Gasteiger partial charge in [-0.05, 0) is 68.7 Å². The Bertz CT molecular complexity index is 1430. The molecule has 4 rings (SSSR count). The van der Waals surface area contributed by atoms with Crippen LogP contribution in [0.4, 0.5) is 9.52 Å². The van der Waals surface area contributed by atoms with Crippen LogP contribution in [0.15, 0.2) is 48.0 Å². The smallest absolute Gasteiger partial charge is 0.350 e. The second-order valence-corrected chi connectivity index (χ2v) is 9.66. The molecule has 1 aliphatic rings. The molecule has 1 atom stereocenters. The number of esters is 1. The van der Waals surface area contributed by atoms with E-state index in [9.17, 15) is 23.9 Å². The predicted molar refractivity (Wildman–Crippen MR) is 141 cm³/mol. The van der Waals surface area contributed by atoms with Crippen molar-refractivity contribution in [3.05, 3.63) is 81.1 Å². The number of carbonyl (C=O) groups is 3. The summed E-state index contributed by atoms with van der Waals surface area (Å²) in [5, 5.41) is 11.4. The molecule has 1 aromatic heterocycles. The molecule has 0 saturated carbocycles. The fourth-order valence-corrected chi connectivity index (χ4v) is 5.18. The minimum Gasteiger partial charge on any atom is -0.507 e. The maximum Gasteiger partial charge on any atom is 0.350 e. The second kappa shape index (κ2) is 11.1. The summed E-state index contributed by atoms with van der Waals surface area (Å²) in [6.07, 6.45) is 0.830. The number of benzene rings is 2. The molecule has 10 heteroatoms. The second-order valence-electron chi connectivity index (χ2n) is 8.68. The Balaban J connectivity index is 1.86. The zero-order valence-corrected chi connectivity index (χ0v) is 22.2. The Morgan fingerprint density at radius 2 is 1.84 bits per heavy atom. The van der Waals surface area contributed by atoms with Crippen molar-refractivity contribution in [1.82, 2.24) is 4.98 Å². The van der Waals surface area contributed by atoms with Crippen LogP contribution in [-0.4, -0.2) is 41.0 Å². The van der Waals surface area contributed by atoms with Crippen LogP contribution in [-0.2, 0) is 14.3 Å². The average Bonchev–Trinajstić information content (AvgIpc) is 3.40. The number of anilines is 1. The molecule has 0 bridgehead atoms. The van der Waals surface area contributed by atoms with Gasteiger partial charge >= 0.3 is 11.9 Å². The molecule has 0 aliphatic carbocycles. The number of Topliss-reactive ketones (excluding diaryl/α,β-unsaturated/α-hetero) is 1. The molecular weight excluding hydrogens is 511 g/mol. The summed E-state index contributed by atoms with van der Waals surface area (Å²) < 4.78 is 24.6. The topological polar surface area (TPSA) is 106 Å². The van der Waals surface area contributed by atoms with E-state index in [1.807, 2.05) is 13.8 Å². The highest BCUT2D eigenvalue weighted by Crippen LogP contribution is 2.44. The molecule has 1 aliphatic heterocycles. The number of aromatic nitrogens is 1. The van der Waals surface area contributed by atoms with E-state index in [-0.39, 0.29) is 27.9 Å². The SMILES string of the molecule is CCCOc1ccc(/C(O)=C2/C(=O)C(=O)N(c3nc(C)c(C(=O)OCC)s3)C2c2ccc(F)cc2)cc1C. The van der Waals surface area contributed by atoms with Crippen LogP contribution < -0.4 is 9.64 Å². The van der Waals surface area contributed by atoms with Crippen LogP contribution in [0.25, 0.3) is 5.76 Å². The lowest BCUT2D eigenvalue weighted by molar-refractivity contribution is -0.132. The summed E-state index contributed by atoms with van der Waals surface area (Å²) in [7, 11) is 0. The molecule has 0 radical (unpaired) electrons. The molecule has 1 amide bonds. The largest absolute Gasteiger partial charge is 0.507 e. The average molecular weight is 539 g/mol. The number of ketones is 1. The standard InChI is InChI=1S/C28H27FN2O6S/c1-5-13-37-20-12-9-18(14-15(20)3)23(32)21-22(17-7-10-19(29)11-8-17)31(26(34)24(21)33)28-30-16(4)25(38-28)27(35)36-6-2/h7-12,14,22,32H,5-6,13H2,1-4H3/b23-21-. The summed E-state index contributed by atoms with van der Waals surface area (Å²) in [4.78, 5) is 44.8. The van der Waals surface area contributed by atoms with Gasteiger partial charge in [-0.25, -0.2) is 14.2 Å². The first-order valence-electron chi connectivity index (χ1n) is 12.1. The Hall–Kier alpha value is -4.05. The van der Waals surface area contributed by atoms with Gasteiger partial charge in [-0.1, -0.05) is 30.4 Å². The van der Waals surface area contributed by atoms with Crippen molar-refractivity contribution in [3.8, 4) is 5.75 Å². The van der Waals surface area contributed by atoms with E-state index in [1.54, 1.807) is 32.0 Å². The molecule has 0 spiro atoms. The number of aliphatic hydroxyl groups excluding tert-OH is 1. The first kappa shape index (κ1) is 27.0. The van der Waals surface area contributed by atoms with Crippen molar-refractivity contribution in [1.29, 1.82) is 0 Å². The van der Waals surface area contributed by atoms with E-state index >= 15 is 0 Å². The molecule has 1 unspecified atom stereocenters. The lowest BCUT2D eigenvalue weighted by Crippen LogP contribution is -2.29. The molecule has 1 fully saturated rings. The number of hydrogen-bond acceptors (Lipinski definition) is 8. The van der Waals surface area contributed by atoms with Crippen molar-refractivity contribution in [2.45, 2.75) is 40.2 Å². The molecule has 198 valence electrons. The van der Waals surface area contributed by atoms with Crippen molar-refractivity contribution in [3.63, 3.8) is 0 Å². The quantitative estimate of drug-likeness (QED) is 0.175. The number of halogens is 1. The van der Waals surface area contributed by atoms with Crippen molar-refractivity contribution >= 4 is 39.9 Å². The minimum absolute atomic E-state index is 0.0838. The molecule has 2 aromatic carbocycles. The lowest BCUT2D eigenvalue weighted by atomic mass is 9.95. The molecule has 1 saturated heterocycles. The number of amides is 1. The third-order valence-electron chi connectivity index (χ3n) is 5.99. The summed E-state index contributed by atoms with van der Waals surface area (Å²) in [5.74, 6) is -2.69. The van der Waals surface area contributed by atoms with Crippen molar-refractivity contribution in [2.24, 2.45) is 0 Å². The maximum atomic E-state index is 13.8. The van der Waals surface area contributed by atoms with Crippen LogP contribution in [0.2, 0.25) is 0 Å². The van der Waals surface area contributed by atoms with E-state index in [0.717, 1.165) is 28.2 Å². The fourth-order valence-electron chi connectivity index (χ4n) is 4.19. The number of carbonyl (C=O) groups excluding carboxylic acids is 3. The van der Waals surface area contributed by atoms with Crippen molar-refractivity contribution in [2.75, 3.05) is 18.1 Å². The number of nitrogens with zero attached hydrogens (tertiary/aromatic N) is 2.